The molecule has 0 saturated heterocycles. The average Bonchev–Trinajstić information content (AvgIpc) is 3.09. The second-order valence-corrected chi connectivity index (χ2v) is 10.5. The summed E-state index contributed by atoms with van der Waals surface area (Å²) in [6.07, 6.45) is 1.60. The molecule has 3 heteroatoms. The molecule has 0 aliphatic rings. The molecule has 0 unspecified atom stereocenters. The Kier molecular flexibility index (Phi) is 5.79. The van der Waals surface area contributed by atoms with Gasteiger partial charge >= 0.3 is 0 Å². The lowest BCUT2D eigenvalue weighted by Crippen LogP contribution is -1.96. The highest BCUT2D eigenvalue weighted by Crippen LogP contribution is 2.38. The minimum absolute atomic E-state index is 0.661. The van der Waals surface area contributed by atoms with Gasteiger partial charge in [0.2, 0.25) is 0 Å². The average molecular weight is 536 g/mol. The van der Waals surface area contributed by atoms with Gasteiger partial charge < -0.3 is 0 Å². The maximum Gasteiger partial charge on any atom is 0.163 e. The quantitative estimate of drug-likeness (QED) is 0.211. The summed E-state index contributed by atoms with van der Waals surface area (Å²) >= 11 is 0. The maximum absolute atomic E-state index is 4.85. The molecule has 0 saturated carbocycles. The van der Waals surface area contributed by atoms with Crippen molar-refractivity contribution in [2.75, 3.05) is 0 Å². The van der Waals surface area contributed by atoms with Crippen LogP contribution in [0.3, 0.4) is 0 Å². The highest BCUT2D eigenvalue weighted by atomic mass is 15.0. The highest BCUT2D eigenvalue weighted by molar-refractivity contribution is 6.25. The molecule has 1 heterocycles. The molecule has 0 radical (unpaired) electrons. The van der Waals surface area contributed by atoms with Crippen LogP contribution in [0.4, 0.5) is 0 Å². The predicted octanol–water partition coefficient (Wildman–Crippen LogP) is 10.00. The maximum atomic E-state index is 4.85. The zero-order valence-corrected chi connectivity index (χ0v) is 22.8. The van der Waals surface area contributed by atoms with Gasteiger partial charge in [0.15, 0.2) is 11.6 Å². The number of nitrogens with zero attached hydrogens (tertiary/aromatic N) is 3. The summed E-state index contributed by atoms with van der Waals surface area (Å²) in [5.41, 5.74) is 6.51. The van der Waals surface area contributed by atoms with Crippen molar-refractivity contribution in [3.8, 4) is 45.0 Å². The number of benzene rings is 7. The third kappa shape index (κ3) is 4.11. The predicted molar refractivity (Wildman–Crippen MR) is 174 cm³/mol. The normalized spacial score (nSPS) is 11.3. The summed E-state index contributed by atoms with van der Waals surface area (Å²) in [6, 6.07) is 51.4. The largest absolute Gasteiger partial charge is 0.217 e. The van der Waals surface area contributed by atoms with E-state index in [1.165, 1.54) is 43.4 Å². The van der Waals surface area contributed by atoms with Crippen molar-refractivity contribution in [2.45, 2.75) is 0 Å². The van der Waals surface area contributed by atoms with Crippen molar-refractivity contribution < 1.29 is 0 Å². The first-order chi connectivity index (χ1) is 20.8. The van der Waals surface area contributed by atoms with Crippen LogP contribution in [-0.2, 0) is 0 Å². The molecule has 0 fully saturated rings. The molecule has 0 aliphatic carbocycles. The number of hydrogen-bond donors (Lipinski definition) is 0. The smallest absolute Gasteiger partial charge is 0.163 e. The molecule has 0 spiro atoms. The number of fused-ring (bicyclic) bond motifs is 6. The minimum atomic E-state index is 0.661. The van der Waals surface area contributed by atoms with E-state index in [-0.39, 0.29) is 0 Å². The van der Waals surface area contributed by atoms with Crippen LogP contribution in [0.5, 0.6) is 0 Å². The van der Waals surface area contributed by atoms with Crippen molar-refractivity contribution in [3.63, 3.8) is 0 Å². The summed E-state index contributed by atoms with van der Waals surface area (Å²) in [7, 11) is 0. The van der Waals surface area contributed by atoms with Gasteiger partial charge in [-0.05, 0) is 66.7 Å². The van der Waals surface area contributed by atoms with Crippen LogP contribution in [0.25, 0.3) is 77.3 Å². The van der Waals surface area contributed by atoms with Crippen LogP contribution >= 0.6 is 0 Å². The van der Waals surface area contributed by atoms with E-state index < -0.39 is 0 Å². The van der Waals surface area contributed by atoms with Gasteiger partial charge in [-0.15, -0.1) is 0 Å². The van der Waals surface area contributed by atoms with Gasteiger partial charge in [0.1, 0.15) is 6.33 Å². The SMILES string of the molecule is c1ccc(-c2ncnc(-c3ccccc3-c3cccc(-c4ccc5c6ccccc6c6ccccc6c5c4)c3)n2)cc1. The summed E-state index contributed by atoms with van der Waals surface area (Å²) in [5.74, 6) is 1.33. The Hall–Kier alpha value is -5.67. The van der Waals surface area contributed by atoms with E-state index in [1.54, 1.807) is 6.33 Å². The number of hydrogen-bond acceptors (Lipinski definition) is 3. The molecule has 0 amide bonds. The van der Waals surface area contributed by atoms with Gasteiger partial charge in [0.05, 0.1) is 0 Å². The molecule has 42 heavy (non-hydrogen) atoms. The lowest BCUT2D eigenvalue weighted by Gasteiger charge is -2.13. The topological polar surface area (TPSA) is 38.7 Å². The van der Waals surface area contributed by atoms with E-state index in [0.717, 1.165) is 22.3 Å². The van der Waals surface area contributed by atoms with E-state index in [1.807, 2.05) is 36.4 Å². The van der Waals surface area contributed by atoms with Gasteiger partial charge in [-0.1, -0.05) is 133 Å². The molecule has 0 bridgehead atoms. The van der Waals surface area contributed by atoms with Gasteiger partial charge in [0, 0.05) is 11.1 Å². The monoisotopic (exact) mass is 535 g/mol. The van der Waals surface area contributed by atoms with E-state index in [0.29, 0.717) is 11.6 Å². The van der Waals surface area contributed by atoms with Crippen molar-refractivity contribution in [2.24, 2.45) is 0 Å². The third-order valence-corrected chi connectivity index (χ3v) is 8.02. The Labute approximate surface area is 243 Å². The number of aromatic nitrogens is 3. The standard InChI is InChI=1S/C39H25N3/c1-2-11-26(12-3-1)38-40-25-41-39(42-38)36-20-9-4-15-30(36)29-14-10-13-27(23-29)28-21-22-35-33-18-6-5-16-31(33)32-17-7-8-19-34(32)37(35)24-28/h1-25H. The van der Waals surface area contributed by atoms with Gasteiger partial charge in [-0.2, -0.15) is 0 Å². The Morgan fingerprint density at radius 3 is 1.57 bits per heavy atom. The highest BCUT2D eigenvalue weighted by Gasteiger charge is 2.13. The first kappa shape index (κ1) is 24.2. The fourth-order valence-electron chi connectivity index (χ4n) is 6.04. The molecule has 8 rings (SSSR count). The Morgan fingerprint density at radius 2 is 0.833 bits per heavy atom. The van der Waals surface area contributed by atoms with Crippen LogP contribution in [0.2, 0.25) is 0 Å². The van der Waals surface area contributed by atoms with Gasteiger partial charge in [-0.3, -0.25) is 0 Å². The van der Waals surface area contributed by atoms with Crippen molar-refractivity contribution >= 4 is 32.3 Å². The molecular formula is C39H25N3. The molecule has 196 valence electrons. The molecule has 0 atom stereocenters. The first-order valence-corrected chi connectivity index (χ1v) is 14.1. The Bertz CT molecular complexity index is 2220. The zero-order valence-electron chi connectivity index (χ0n) is 22.8. The van der Waals surface area contributed by atoms with E-state index in [2.05, 4.69) is 119 Å². The van der Waals surface area contributed by atoms with Crippen LogP contribution in [-0.4, -0.2) is 15.0 Å². The Morgan fingerprint density at radius 1 is 0.310 bits per heavy atom. The summed E-state index contributed by atoms with van der Waals surface area (Å²) in [6.45, 7) is 0. The molecule has 7 aromatic carbocycles. The summed E-state index contributed by atoms with van der Waals surface area (Å²) in [5, 5.41) is 7.68. The van der Waals surface area contributed by atoms with Gasteiger partial charge in [0.25, 0.3) is 0 Å². The summed E-state index contributed by atoms with van der Waals surface area (Å²) in [4.78, 5) is 13.8. The minimum Gasteiger partial charge on any atom is -0.217 e. The molecule has 0 aliphatic heterocycles. The van der Waals surface area contributed by atoms with Crippen LogP contribution in [0.15, 0.2) is 152 Å². The molecule has 3 nitrogen and oxygen atoms in total. The van der Waals surface area contributed by atoms with Crippen LogP contribution in [0, 0.1) is 0 Å². The fraction of sp³-hybridized carbons (Fsp3) is 0. The first-order valence-electron chi connectivity index (χ1n) is 14.1. The second-order valence-electron chi connectivity index (χ2n) is 10.5. The molecule has 1 aromatic heterocycles. The lowest BCUT2D eigenvalue weighted by molar-refractivity contribution is 1.07. The third-order valence-electron chi connectivity index (χ3n) is 8.02. The second kappa shape index (κ2) is 10.1. The van der Waals surface area contributed by atoms with Crippen molar-refractivity contribution in [1.82, 2.24) is 15.0 Å². The van der Waals surface area contributed by atoms with E-state index >= 15 is 0 Å². The fourth-order valence-corrected chi connectivity index (χ4v) is 6.04. The van der Waals surface area contributed by atoms with Crippen LogP contribution < -0.4 is 0 Å². The number of rotatable bonds is 4. The molecular weight excluding hydrogens is 510 g/mol. The van der Waals surface area contributed by atoms with Crippen LogP contribution in [0.1, 0.15) is 0 Å². The van der Waals surface area contributed by atoms with Crippen molar-refractivity contribution in [1.29, 1.82) is 0 Å². The lowest BCUT2D eigenvalue weighted by atomic mass is 9.91. The van der Waals surface area contributed by atoms with E-state index in [4.69, 9.17) is 4.98 Å². The van der Waals surface area contributed by atoms with E-state index in [9.17, 15) is 0 Å². The summed E-state index contributed by atoms with van der Waals surface area (Å²) < 4.78 is 0. The molecule has 8 aromatic rings. The van der Waals surface area contributed by atoms with Crippen molar-refractivity contribution in [3.05, 3.63) is 152 Å². The zero-order chi connectivity index (χ0) is 27.9. The molecule has 0 N–H and O–H groups in total. The van der Waals surface area contributed by atoms with Gasteiger partial charge in [-0.25, -0.2) is 15.0 Å². The Balaban J connectivity index is 1.25.